The Labute approximate surface area is 136 Å². The van der Waals surface area contributed by atoms with Crippen LogP contribution in [0.5, 0.6) is 0 Å². The second-order valence-corrected chi connectivity index (χ2v) is 6.71. The lowest BCUT2D eigenvalue weighted by atomic mass is 9.94. The molecule has 0 spiro atoms. The largest absolute Gasteiger partial charge is 0.239 e. The summed E-state index contributed by atoms with van der Waals surface area (Å²) < 4.78 is 2.00. The van der Waals surface area contributed by atoms with E-state index in [2.05, 4.69) is 61.1 Å². The van der Waals surface area contributed by atoms with Crippen LogP contribution in [-0.2, 0) is 5.54 Å². The molecule has 0 aliphatic heterocycles. The van der Waals surface area contributed by atoms with Gasteiger partial charge in [-0.05, 0) is 32.9 Å². The molecule has 23 heavy (non-hydrogen) atoms. The Kier molecular flexibility index (Phi) is 2.89. The van der Waals surface area contributed by atoms with Gasteiger partial charge in [0.05, 0.1) is 11.2 Å². The minimum absolute atomic E-state index is 0.157. The molecule has 3 heteroatoms. The minimum atomic E-state index is -0.157. The van der Waals surface area contributed by atoms with Gasteiger partial charge in [0.2, 0.25) is 0 Å². The van der Waals surface area contributed by atoms with Gasteiger partial charge in [0.25, 0.3) is 0 Å². The number of aromatic nitrogens is 3. The third-order valence-corrected chi connectivity index (χ3v) is 4.00. The second kappa shape index (κ2) is 4.82. The lowest BCUT2D eigenvalue weighted by Gasteiger charge is -2.22. The van der Waals surface area contributed by atoms with Crippen LogP contribution >= 0.6 is 0 Å². The van der Waals surface area contributed by atoms with E-state index in [-0.39, 0.29) is 5.54 Å². The van der Waals surface area contributed by atoms with E-state index < -0.39 is 0 Å². The van der Waals surface area contributed by atoms with Crippen molar-refractivity contribution in [2.24, 2.45) is 0 Å². The summed E-state index contributed by atoms with van der Waals surface area (Å²) in [6.07, 6.45) is 0. The quantitative estimate of drug-likeness (QED) is 0.458. The molecule has 3 nitrogen and oxygen atoms in total. The number of hydrogen-bond acceptors (Lipinski definition) is 2. The van der Waals surface area contributed by atoms with E-state index in [0.29, 0.717) is 0 Å². The maximum Gasteiger partial charge on any atom is 0.122 e. The van der Waals surface area contributed by atoms with Gasteiger partial charge in [-0.1, -0.05) is 53.5 Å². The van der Waals surface area contributed by atoms with Crippen molar-refractivity contribution >= 4 is 0 Å². The smallest absolute Gasteiger partial charge is 0.122 e. The van der Waals surface area contributed by atoms with Crippen molar-refractivity contribution in [1.29, 1.82) is 0 Å². The van der Waals surface area contributed by atoms with Crippen molar-refractivity contribution < 1.29 is 0 Å². The third-order valence-electron chi connectivity index (χ3n) is 4.00. The summed E-state index contributed by atoms with van der Waals surface area (Å²) in [4.78, 5) is 0. The summed E-state index contributed by atoms with van der Waals surface area (Å²) in [5, 5.41) is 8.97. The normalized spacial score (nSPS) is 12.1. The number of hydrogen-bond donors (Lipinski definition) is 0. The van der Waals surface area contributed by atoms with Gasteiger partial charge in [0, 0.05) is 22.3 Å². The molecule has 0 fully saturated rings. The first-order valence-electron chi connectivity index (χ1n) is 7.73. The van der Waals surface area contributed by atoms with Crippen molar-refractivity contribution in [3.05, 3.63) is 59.7 Å². The summed E-state index contributed by atoms with van der Waals surface area (Å²) in [5.41, 5.74) is 5.91. The van der Waals surface area contributed by atoms with Gasteiger partial charge in [-0.2, -0.15) is 0 Å². The lowest BCUT2D eigenvalue weighted by Crippen LogP contribution is -2.24. The molecule has 0 bridgehead atoms. The highest BCUT2D eigenvalue weighted by Crippen LogP contribution is 2.37. The Morgan fingerprint density at radius 1 is 0.826 bits per heavy atom. The molecule has 2 aromatic carbocycles. The van der Waals surface area contributed by atoms with E-state index in [1.807, 2.05) is 35.0 Å². The predicted molar refractivity (Wildman–Crippen MR) is 91.9 cm³/mol. The molecule has 0 amide bonds. The Morgan fingerprint density at radius 3 is 2.04 bits per heavy atom. The Hall–Kier alpha value is -2.86. The van der Waals surface area contributed by atoms with E-state index in [0.717, 1.165) is 33.6 Å². The maximum atomic E-state index is 4.51. The summed E-state index contributed by atoms with van der Waals surface area (Å²) >= 11 is 0. The molecule has 1 aliphatic carbocycles. The fourth-order valence-electron chi connectivity index (χ4n) is 2.91. The monoisotopic (exact) mass is 299 g/mol. The van der Waals surface area contributed by atoms with E-state index in [9.17, 15) is 0 Å². The van der Waals surface area contributed by atoms with Crippen LogP contribution in [0.3, 0.4) is 0 Å². The molecule has 0 saturated heterocycles. The van der Waals surface area contributed by atoms with Gasteiger partial charge in [-0.3, -0.25) is 0 Å². The van der Waals surface area contributed by atoms with Crippen LogP contribution < -0.4 is 0 Å². The zero-order chi connectivity index (χ0) is 16.0. The molecule has 0 radical (unpaired) electrons. The third kappa shape index (κ3) is 2.15. The van der Waals surface area contributed by atoms with Gasteiger partial charge >= 0.3 is 0 Å². The highest BCUT2D eigenvalue weighted by atomic mass is 15.5. The van der Waals surface area contributed by atoms with Crippen LogP contribution in [0, 0.1) is 11.8 Å². The van der Waals surface area contributed by atoms with Crippen LogP contribution in [0.25, 0.3) is 22.5 Å². The van der Waals surface area contributed by atoms with Gasteiger partial charge in [0.15, 0.2) is 0 Å². The first-order valence-corrected chi connectivity index (χ1v) is 7.73. The Balaban J connectivity index is 2.15. The SMILES string of the molecule is CC(C)(C)n1nnc2c1-c1ccccc1C#Cc1ccccc1-2. The Bertz CT molecular complexity index is 962. The second-order valence-electron chi connectivity index (χ2n) is 6.71. The molecule has 112 valence electrons. The van der Waals surface area contributed by atoms with E-state index in [1.165, 1.54) is 0 Å². The van der Waals surface area contributed by atoms with Gasteiger partial charge in [-0.15, -0.1) is 5.10 Å². The van der Waals surface area contributed by atoms with E-state index >= 15 is 0 Å². The van der Waals surface area contributed by atoms with Crippen molar-refractivity contribution in [2.75, 3.05) is 0 Å². The van der Waals surface area contributed by atoms with Crippen molar-refractivity contribution in [2.45, 2.75) is 26.3 Å². The topological polar surface area (TPSA) is 30.7 Å². The zero-order valence-corrected chi connectivity index (χ0v) is 13.5. The average molecular weight is 299 g/mol. The summed E-state index contributed by atoms with van der Waals surface area (Å²) in [6, 6.07) is 16.4. The van der Waals surface area contributed by atoms with Crippen LogP contribution in [0.4, 0.5) is 0 Å². The van der Waals surface area contributed by atoms with E-state index in [4.69, 9.17) is 0 Å². The van der Waals surface area contributed by atoms with E-state index in [1.54, 1.807) is 0 Å². The lowest BCUT2D eigenvalue weighted by molar-refractivity contribution is 0.351. The molecule has 0 unspecified atom stereocenters. The first-order chi connectivity index (χ1) is 11.1. The van der Waals surface area contributed by atoms with Crippen LogP contribution in [0.15, 0.2) is 48.5 Å². The standard InChI is InChI=1S/C20H17N3/c1-20(2,3)23-19-17-11-7-5-9-15(17)13-12-14-8-4-6-10-16(14)18(19)21-22-23/h4-11H,1-3H3. The number of benzene rings is 2. The molecule has 0 atom stereocenters. The van der Waals surface area contributed by atoms with Crippen molar-refractivity contribution in [3.63, 3.8) is 0 Å². The van der Waals surface area contributed by atoms with Crippen LogP contribution in [0.1, 0.15) is 31.9 Å². The molecule has 1 aromatic heterocycles. The number of fused-ring (bicyclic) bond motifs is 5. The van der Waals surface area contributed by atoms with Gasteiger partial charge in [-0.25, -0.2) is 4.68 Å². The summed E-state index contributed by atoms with van der Waals surface area (Å²) in [5.74, 6) is 6.59. The first kappa shape index (κ1) is 13.8. The van der Waals surface area contributed by atoms with Crippen LogP contribution in [0.2, 0.25) is 0 Å². The highest BCUT2D eigenvalue weighted by molar-refractivity contribution is 5.85. The molecular formula is C20H17N3. The number of rotatable bonds is 0. The fourth-order valence-corrected chi connectivity index (χ4v) is 2.91. The average Bonchev–Trinajstić information content (AvgIpc) is 2.96. The fraction of sp³-hybridized carbons (Fsp3) is 0.200. The molecule has 0 N–H and O–H groups in total. The van der Waals surface area contributed by atoms with Crippen LogP contribution in [-0.4, -0.2) is 15.0 Å². The van der Waals surface area contributed by atoms with Gasteiger partial charge < -0.3 is 0 Å². The highest BCUT2D eigenvalue weighted by Gasteiger charge is 2.26. The Morgan fingerprint density at radius 2 is 1.39 bits per heavy atom. The zero-order valence-electron chi connectivity index (χ0n) is 13.5. The van der Waals surface area contributed by atoms with Crippen molar-refractivity contribution in [1.82, 2.24) is 15.0 Å². The van der Waals surface area contributed by atoms with Gasteiger partial charge in [0.1, 0.15) is 5.69 Å². The molecular weight excluding hydrogens is 282 g/mol. The maximum absolute atomic E-state index is 4.51. The summed E-state index contributed by atoms with van der Waals surface area (Å²) in [6.45, 7) is 6.42. The van der Waals surface area contributed by atoms with Crippen molar-refractivity contribution in [3.8, 4) is 34.4 Å². The predicted octanol–water partition coefficient (Wildman–Crippen LogP) is 4.08. The molecule has 0 saturated carbocycles. The summed E-state index contributed by atoms with van der Waals surface area (Å²) in [7, 11) is 0. The molecule has 1 heterocycles. The molecule has 4 rings (SSSR count). The molecule has 3 aromatic rings. The minimum Gasteiger partial charge on any atom is -0.239 e. The number of nitrogens with zero attached hydrogens (tertiary/aromatic N) is 3. The molecule has 1 aliphatic rings.